The second kappa shape index (κ2) is 15.7. The standard InChI is InChI=1S/C37H44F2N8O3/c1-3-29(4-2)43-36(48)47(24-40)32-8-6-30(7-9-32)44-15-17-45(18-16-44)31-10-12-33(13-11-31)49-21-27-20-37(50-22-27,23-46-26-41-25-42-46)34-14-5-28(38)19-35(34)39/h5-14,19,24-27,29,40H,3-4,15-18,20-23H2,1-2H3,(H,43,48)/t27-,37+/m1/s1. The molecule has 264 valence electrons. The van der Waals surface area contributed by atoms with Gasteiger partial charge in [-0.05, 0) is 73.9 Å². The number of ether oxygens (including phenoxy) is 2. The molecule has 2 aliphatic heterocycles. The van der Waals surface area contributed by atoms with Crippen LogP contribution >= 0.6 is 0 Å². The van der Waals surface area contributed by atoms with Crippen molar-refractivity contribution < 1.29 is 23.0 Å². The number of carbonyl (C=O) groups excluding carboxylic acids is 1. The summed E-state index contributed by atoms with van der Waals surface area (Å²) >= 11 is 0. The molecule has 2 atom stereocenters. The average Bonchev–Trinajstić information content (AvgIpc) is 3.81. The molecule has 3 aromatic carbocycles. The first-order valence-corrected chi connectivity index (χ1v) is 17.2. The highest BCUT2D eigenvalue weighted by Gasteiger charge is 2.44. The van der Waals surface area contributed by atoms with Crippen LogP contribution in [0.3, 0.4) is 0 Å². The first-order chi connectivity index (χ1) is 24.3. The zero-order valence-corrected chi connectivity index (χ0v) is 28.5. The Kier molecular flexibility index (Phi) is 10.9. The Bertz CT molecular complexity index is 1710. The van der Waals surface area contributed by atoms with Crippen LogP contribution in [0.15, 0.2) is 79.4 Å². The van der Waals surface area contributed by atoms with Crippen molar-refractivity contribution in [3.63, 3.8) is 0 Å². The van der Waals surface area contributed by atoms with E-state index in [2.05, 4.69) is 37.3 Å². The molecule has 3 heterocycles. The monoisotopic (exact) mass is 686 g/mol. The van der Waals surface area contributed by atoms with Gasteiger partial charge in [-0.15, -0.1) is 0 Å². The van der Waals surface area contributed by atoms with Gasteiger partial charge in [-0.3, -0.25) is 10.3 Å². The van der Waals surface area contributed by atoms with E-state index in [0.29, 0.717) is 30.9 Å². The summed E-state index contributed by atoms with van der Waals surface area (Å²) in [6.45, 7) is 8.45. The average molecular weight is 687 g/mol. The second-order valence-corrected chi connectivity index (χ2v) is 12.9. The van der Waals surface area contributed by atoms with Crippen molar-refractivity contribution in [2.75, 3.05) is 54.1 Å². The number of amides is 2. The molecule has 11 nitrogen and oxygen atoms in total. The summed E-state index contributed by atoms with van der Waals surface area (Å²) in [5.74, 6) is -0.556. The fraction of sp³-hybridized carbons (Fsp3) is 0.405. The second-order valence-electron chi connectivity index (χ2n) is 12.9. The van der Waals surface area contributed by atoms with Crippen molar-refractivity contribution in [3.8, 4) is 5.75 Å². The van der Waals surface area contributed by atoms with Gasteiger partial charge in [0.1, 0.15) is 35.6 Å². The number of aromatic nitrogens is 3. The van der Waals surface area contributed by atoms with E-state index in [1.54, 1.807) is 11.0 Å². The molecule has 0 spiro atoms. The van der Waals surface area contributed by atoms with Crippen molar-refractivity contribution in [2.45, 2.75) is 51.3 Å². The van der Waals surface area contributed by atoms with E-state index in [-0.39, 0.29) is 24.5 Å². The smallest absolute Gasteiger partial charge is 0.327 e. The zero-order chi connectivity index (χ0) is 35.1. The molecular formula is C37H44F2N8O3. The Morgan fingerprint density at radius 1 is 1.04 bits per heavy atom. The predicted molar refractivity (Wildman–Crippen MR) is 189 cm³/mol. The molecule has 13 heteroatoms. The Morgan fingerprint density at radius 3 is 2.28 bits per heavy atom. The molecule has 0 radical (unpaired) electrons. The third-order valence-corrected chi connectivity index (χ3v) is 9.64. The fourth-order valence-corrected chi connectivity index (χ4v) is 6.79. The number of anilines is 3. The van der Waals surface area contributed by atoms with Crippen molar-refractivity contribution in [3.05, 3.63) is 96.6 Å². The van der Waals surface area contributed by atoms with Gasteiger partial charge >= 0.3 is 6.03 Å². The minimum Gasteiger partial charge on any atom is -0.493 e. The van der Waals surface area contributed by atoms with Gasteiger partial charge in [-0.2, -0.15) is 5.10 Å². The number of hydrogen-bond acceptors (Lipinski definition) is 8. The molecule has 0 aliphatic carbocycles. The van der Waals surface area contributed by atoms with Gasteiger partial charge in [0.25, 0.3) is 0 Å². The lowest BCUT2D eigenvalue weighted by molar-refractivity contribution is -0.0206. The van der Waals surface area contributed by atoms with Crippen LogP contribution in [0.2, 0.25) is 0 Å². The lowest BCUT2D eigenvalue weighted by Crippen LogP contribution is -2.46. The van der Waals surface area contributed by atoms with Gasteiger partial charge in [0.15, 0.2) is 0 Å². The molecule has 2 saturated heterocycles. The first kappa shape index (κ1) is 34.8. The van der Waals surface area contributed by atoms with Crippen LogP contribution in [-0.2, 0) is 16.9 Å². The molecule has 1 aromatic heterocycles. The summed E-state index contributed by atoms with van der Waals surface area (Å²) in [7, 11) is 0. The predicted octanol–water partition coefficient (Wildman–Crippen LogP) is 6.21. The molecule has 0 bridgehead atoms. The van der Waals surface area contributed by atoms with Crippen LogP contribution in [0.1, 0.15) is 38.7 Å². The molecule has 6 rings (SSSR count). The van der Waals surface area contributed by atoms with E-state index in [1.807, 2.05) is 50.2 Å². The highest BCUT2D eigenvalue weighted by molar-refractivity contribution is 6.06. The van der Waals surface area contributed by atoms with Crippen molar-refractivity contribution in [1.29, 1.82) is 5.41 Å². The lowest BCUT2D eigenvalue weighted by Gasteiger charge is -2.37. The zero-order valence-electron chi connectivity index (χ0n) is 28.5. The fourth-order valence-electron chi connectivity index (χ4n) is 6.79. The normalized spacial score (nSPS) is 19.1. The largest absolute Gasteiger partial charge is 0.493 e. The Morgan fingerprint density at radius 2 is 1.70 bits per heavy atom. The van der Waals surface area contributed by atoms with Crippen molar-refractivity contribution in [1.82, 2.24) is 20.1 Å². The number of rotatable bonds is 13. The maximum Gasteiger partial charge on any atom is 0.327 e. The topological polar surface area (TPSA) is 112 Å². The van der Waals surface area contributed by atoms with Crippen LogP contribution in [0.5, 0.6) is 5.75 Å². The van der Waals surface area contributed by atoms with Crippen molar-refractivity contribution in [2.24, 2.45) is 5.92 Å². The number of halogens is 2. The minimum atomic E-state index is -1.02. The SMILES string of the molecule is CCC(CC)NC(=O)N(C=N)c1ccc(N2CCN(c3ccc(OC[C@@H]4CO[C@@](Cn5cncn5)(c5ccc(F)cc5F)C4)cc3)CC2)cc1. The highest BCUT2D eigenvalue weighted by atomic mass is 19.1. The van der Waals surface area contributed by atoms with Crippen LogP contribution in [0.4, 0.5) is 30.6 Å². The summed E-state index contributed by atoms with van der Waals surface area (Å²) in [5, 5.41) is 15.0. The Balaban J connectivity index is 1.00. The van der Waals surface area contributed by atoms with E-state index in [4.69, 9.17) is 14.9 Å². The Labute approximate surface area is 291 Å². The molecule has 0 unspecified atom stereocenters. The number of nitrogens with zero attached hydrogens (tertiary/aromatic N) is 6. The molecular weight excluding hydrogens is 642 g/mol. The van der Waals surface area contributed by atoms with E-state index < -0.39 is 17.2 Å². The van der Waals surface area contributed by atoms with Gasteiger partial charge in [0.05, 0.1) is 31.8 Å². The first-order valence-electron chi connectivity index (χ1n) is 17.2. The summed E-state index contributed by atoms with van der Waals surface area (Å²) in [4.78, 5) is 22.7. The van der Waals surface area contributed by atoms with Crippen molar-refractivity contribution >= 4 is 29.4 Å². The highest BCUT2D eigenvalue weighted by Crippen LogP contribution is 2.42. The molecule has 2 aliphatic rings. The van der Waals surface area contributed by atoms with Crippen LogP contribution in [0, 0.1) is 23.0 Å². The maximum atomic E-state index is 15.0. The number of piperazine rings is 1. The lowest BCUT2D eigenvalue weighted by atomic mass is 9.87. The summed E-state index contributed by atoms with van der Waals surface area (Å²) < 4.78 is 42.7. The number of benzene rings is 3. The van der Waals surface area contributed by atoms with Crippen LogP contribution in [0.25, 0.3) is 0 Å². The van der Waals surface area contributed by atoms with E-state index >= 15 is 0 Å². The minimum absolute atomic E-state index is 0.00963. The van der Waals surface area contributed by atoms with Gasteiger partial charge in [-0.1, -0.05) is 19.9 Å². The third-order valence-electron chi connectivity index (χ3n) is 9.64. The van der Waals surface area contributed by atoms with E-state index in [0.717, 1.165) is 68.5 Å². The molecule has 0 saturated carbocycles. The summed E-state index contributed by atoms with van der Waals surface area (Å²) in [6.07, 6.45) is 6.19. The van der Waals surface area contributed by atoms with E-state index in [9.17, 15) is 13.6 Å². The summed E-state index contributed by atoms with van der Waals surface area (Å²) in [5.41, 5.74) is 2.12. The van der Waals surface area contributed by atoms with Gasteiger partial charge in [-0.25, -0.2) is 23.2 Å². The van der Waals surface area contributed by atoms with Crippen LogP contribution in [-0.4, -0.2) is 72.6 Å². The number of urea groups is 1. The number of hydrogen-bond donors (Lipinski definition) is 2. The van der Waals surface area contributed by atoms with Gasteiger partial charge < -0.3 is 24.6 Å². The number of carbonyl (C=O) groups is 1. The quantitative estimate of drug-likeness (QED) is 0.127. The maximum absolute atomic E-state index is 15.0. The van der Waals surface area contributed by atoms with Gasteiger partial charge in [0, 0.05) is 61.1 Å². The summed E-state index contributed by atoms with van der Waals surface area (Å²) in [6, 6.07) is 19.2. The molecule has 2 amide bonds. The number of nitrogens with one attached hydrogen (secondary N) is 2. The molecule has 50 heavy (non-hydrogen) atoms. The molecule has 2 fully saturated rings. The molecule has 2 N–H and O–H groups in total. The molecule has 4 aromatic rings. The van der Waals surface area contributed by atoms with Crippen LogP contribution < -0.4 is 24.8 Å². The Hall–Kier alpha value is -5.04. The third kappa shape index (κ3) is 7.88. The van der Waals surface area contributed by atoms with Gasteiger partial charge in [0.2, 0.25) is 0 Å². The van der Waals surface area contributed by atoms with E-state index in [1.165, 1.54) is 23.4 Å².